The van der Waals surface area contributed by atoms with Gasteiger partial charge in [0, 0.05) is 38.0 Å². The Kier molecular flexibility index (Phi) is 3.55. The van der Waals surface area contributed by atoms with Crippen LogP contribution in [-0.4, -0.2) is 41.8 Å². The lowest BCUT2D eigenvalue weighted by atomic mass is 10.2. The van der Waals surface area contributed by atoms with Crippen molar-refractivity contribution < 1.29 is 9.53 Å². The number of nitrogens with one attached hydrogen (secondary N) is 1. The Hall–Kier alpha value is -1.66. The first kappa shape index (κ1) is 11.8. The summed E-state index contributed by atoms with van der Waals surface area (Å²) in [7, 11) is 1.64. The van der Waals surface area contributed by atoms with E-state index in [0.29, 0.717) is 31.9 Å². The highest BCUT2D eigenvalue weighted by molar-refractivity contribution is 5.93. The van der Waals surface area contributed by atoms with E-state index in [4.69, 9.17) is 4.74 Å². The van der Waals surface area contributed by atoms with Crippen LogP contribution in [0.4, 0.5) is 0 Å². The minimum Gasteiger partial charge on any atom is -0.379 e. The van der Waals surface area contributed by atoms with Gasteiger partial charge >= 0.3 is 0 Å². The van der Waals surface area contributed by atoms with Gasteiger partial charge in [-0.2, -0.15) is 0 Å². The lowest BCUT2D eigenvalue weighted by Crippen LogP contribution is -2.48. The van der Waals surface area contributed by atoms with Crippen LogP contribution in [0.25, 0.3) is 0 Å². The van der Waals surface area contributed by atoms with Crippen molar-refractivity contribution in [2.75, 3.05) is 26.3 Å². The van der Waals surface area contributed by atoms with Crippen LogP contribution >= 0.6 is 0 Å². The number of carbonyl (C=O) groups is 1. The molecular formula is C11H15N3O3. The van der Waals surface area contributed by atoms with Crippen LogP contribution in [-0.2, 0) is 11.8 Å². The Morgan fingerprint density at radius 2 is 2.12 bits per heavy atom. The maximum atomic E-state index is 11.8. The Morgan fingerprint density at radius 3 is 2.76 bits per heavy atom. The molecule has 6 nitrogen and oxygen atoms in total. The molecule has 0 spiro atoms. The quantitative estimate of drug-likeness (QED) is 0.743. The zero-order valence-corrected chi connectivity index (χ0v) is 9.68. The Bertz CT molecular complexity index is 463. The highest BCUT2D eigenvalue weighted by Crippen LogP contribution is 1.97. The summed E-state index contributed by atoms with van der Waals surface area (Å²) in [6, 6.07) is 2.95. The largest absolute Gasteiger partial charge is 0.379 e. The number of morpholine rings is 1. The first-order valence-electron chi connectivity index (χ1n) is 5.47. The normalized spacial score (nSPS) is 16.8. The molecule has 1 aliphatic rings. The van der Waals surface area contributed by atoms with Crippen molar-refractivity contribution in [2.24, 2.45) is 7.05 Å². The molecule has 0 radical (unpaired) electrons. The fourth-order valence-electron chi connectivity index (χ4n) is 1.57. The summed E-state index contributed by atoms with van der Waals surface area (Å²) in [5.74, 6) is -0.260. The van der Waals surface area contributed by atoms with Gasteiger partial charge in [0.25, 0.3) is 11.5 Å². The van der Waals surface area contributed by atoms with Crippen molar-refractivity contribution >= 4 is 5.91 Å². The van der Waals surface area contributed by atoms with E-state index < -0.39 is 0 Å². The molecular weight excluding hydrogens is 222 g/mol. The molecule has 1 aliphatic heterocycles. The van der Waals surface area contributed by atoms with Crippen molar-refractivity contribution in [3.63, 3.8) is 0 Å². The molecule has 0 aliphatic carbocycles. The number of pyridine rings is 1. The van der Waals surface area contributed by atoms with Gasteiger partial charge in [-0.25, -0.2) is 5.01 Å². The minimum absolute atomic E-state index is 0.195. The molecule has 0 unspecified atom stereocenters. The fraction of sp³-hybridized carbons (Fsp3) is 0.455. The lowest BCUT2D eigenvalue weighted by molar-refractivity contribution is 0.0126. The number of hydrogen-bond donors (Lipinski definition) is 1. The number of amides is 1. The second kappa shape index (κ2) is 5.11. The number of nitrogens with zero attached hydrogens (tertiary/aromatic N) is 2. The highest BCUT2D eigenvalue weighted by atomic mass is 16.5. The van der Waals surface area contributed by atoms with Gasteiger partial charge in [-0.3, -0.25) is 15.0 Å². The maximum Gasteiger partial charge on any atom is 0.265 e. The van der Waals surface area contributed by atoms with E-state index in [0.717, 1.165) is 0 Å². The van der Waals surface area contributed by atoms with Gasteiger partial charge in [0.05, 0.1) is 13.2 Å². The average molecular weight is 237 g/mol. The molecule has 0 aromatic carbocycles. The summed E-state index contributed by atoms with van der Waals surface area (Å²) >= 11 is 0. The number of carbonyl (C=O) groups excluding carboxylic acids is 1. The first-order chi connectivity index (χ1) is 8.16. The van der Waals surface area contributed by atoms with Crippen molar-refractivity contribution in [1.82, 2.24) is 15.0 Å². The van der Waals surface area contributed by atoms with Crippen LogP contribution in [0.2, 0.25) is 0 Å². The molecule has 1 N–H and O–H groups in total. The predicted octanol–water partition coefficient (Wildman–Crippen LogP) is -0.638. The van der Waals surface area contributed by atoms with Gasteiger partial charge in [-0.1, -0.05) is 0 Å². The standard InChI is InChI=1S/C11H15N3O3/c1-13-3-2-9(8-10(13)15)11(16)12-14-4-6-17-7-5-14/h2-3,8H,4-7H2,1H3,(H,12,16). The van der Waals surface area contributed by atoms with Crippen LogP contribution < -0.4 is 11.0 Å². The predicted molar refractivity (Wildman–Crippen MR) is 61.5 cm³/mol. The summed E-state index contributed by atoms with van der Waals surface area (Å²) in [4.78, 5) is 23.2. The molecule has 6 heteroatoms. The lowest BCUT2D eigenvalue weighted by Gasteiger charge is -2.26. The summed E-state index contributed by atoms with van der Waals surface area (Å²) in [6.45, 7) is 2.54. The van der Waals surface area contributed by atoms with Gasteiger partial charge in [0.15, 0.2) is 0 Å². The second-order valence-corrected chi connectivity index (χ2v) is 3.90. The third-order valence-electron chi connectivity index (χ3n) is 2.64. The van der Waals surface area contributed by atoms with E-state index in [2.05, 4.69) is 5.43 Å². The number of ether oxygens (including phenoxy) is 1. The Labute approximate surface area is 98.8 Å². The van der Waals surface area contributed by atoms with Crippen LogP contribution in [0.1, 0.15) is 10.4 Å². The number of hydrogen-bond acceptors (Lipinski definition) is 4. The Balaban J connectivity index is 2.03. The third kappa shape index (κ3) is 2.92. The van der Waals surface area contributed by atoms with Gasteiger partial charge < -0.3 is 9.30 Å². The number of aromatic nitrogens is 1. The van der Waals surface area contributed by atoms with Gasteiger partial charge in [0.2, 0.25) is 0 Å². The summed E-state index contributed by atoms with van der Waals surface area (Å²) in [5, 5.41) is 1.79. The molecule has 17 heavy (non-hydrogen) atoms. The molecule has 0 bridgehead atoms. The number of hydrazine groups is 1. The molecule has 1 amide bonds. The average Bonchev–Trinajstić information content (AvgIpc) is 2.34. The zero-order valence-electron chi connectivity index (χ0n) is 9.68. The summed E-state index contributed by atoms with van der Waals surface area (Å²) < 4.78 is 6.60. The monoisotopic (exact) mass is 237 g/mol. The van der Waals surface area contributed by atoms with Crippen molar-refractivity contribution in [1.29, 1.82) is 0 Å². The van der Waals surface area contributed by atoms with Crippen LogP contribution in [0.3, 0.4) is 0 Å². The molecule has 2 heterocycles. The Morgan fingerprint density at radius 1 is 1.41 bits per heavy atom. The van der Waals surface area contributed by atoms with Crippen molar-refractivity contribution in [3.05, 3.63) is 34.2 Å². The molecule has 1 aromatic rings. The molecule has 0 atom stereocenters. The second-order valence-electron chi connectivity index (χ2n) is 3.90. The van der Waals surface area contributed by atoms with E-state index in [1.165, 1.54) is 10.6 Å². The topological polar surface area (TPSA) is 63.6 Å². The number of aryl methyl sites for hydroxylation is 1. The molecule has 1 saturated heterocycles. The number of rotatable bonds is 2. The minimum atomic E-state index is -0.260. The van der Waals surface area contributed by atoms with Gasteiger partial charge in [-0.05, 0) is 6.07 Å². The maximum absolute atomic E-state index is 11.8. The SMILES string of the molecule is Cn1ccc(C(=O)NN2CCOCC2)cc1=O. The van der Waals surface area contributed by atoms with E-state index in [1.807, 2.05) is 0 Å². The fourth-order valence-corrected chi connectivity index (χ4v) is 1.57. The van der Waals surface area contributed by atoms with Crippen LogP contribution in [0.5, 0.6) is 0 Å². The summed E-state index contributed by atoms with van der Waals surface area (Å²) in [5.41, 5.74) is 2.93. The molecule has 92 valence electrons. The molecule has 2 rings (SSSR count). The van der Waals surface area contributed by atoms with E-state index in [-0.39, 0.29) is 11.5 Å². The van der Waals surface area contributed by atoms with E-state index >= 15 is 0 Å². The first-order valence-corrected chi connectivity index (χ1v) is 5.47. The van der Waals surface area contributed by atoms with Gasteiger partial charge in [-0.15, -0.1) is 0 Å². The molecule has 0 saturated carbocycles. The van der Waals surface area contributed by atoms with Gasteiger partial charge in [0.1, 0.15) is 0 Å². The molecule has 1 aromatic heterocycles. The van der Waals surface area contributed by atoms with Crippen LogP contribution in [0, 0.1) is 0 Å². The smallest absolute Gasteiger partial charge is 0.265 e. The van der Waals surface area contributed by atoms with E-state index in [1.54, 1.807) is 24.3 Å². The van der Waals surface area contributed by atoms with Crippen molar-refractivity contribution in [2.45, 2.75) is 0 Å². The third-order valence-corrected chi connectivity index (χ3v) is 2.64. The highest BCUT2D eigenvalue weighted by Gasteiger charge is 2.14. The van der Waals surface area contributed by atoms with Crippen LogP contribution in [0.15, 0.2) is 23.1 Å². The zero-order chi connectivity index (χ0) is 12.3. The summed E-state index contributed by atoms with van der Waals surface area (Å²) in [6.07, 6.45) is 1.58. The van der Waals surface area contributed by atoms with E-state index in [9.17, 15) is 9.59 Å². The molecule has 1 fully saturated rings. The van der Waals surface area contributed by atoms with Crippen molar-refractivity contribution in [3.8, 4) is 0 Å².